The van der Waals surface area contributed by atoms with Gasteiger partial charge in [0.1, 0.15) is 0 Å². The Kier molecular flexibility index (Phi) is 3.25. The molecule has 7 heteroatoms. The molecule has 0 N–H and O–H groups in total. The van der Waals surface area contributed by atoms with Crippen LogP contribution in [-0.2, 0) is 7.05 Å². The topological polar surface area (TPSA) is 46.8 Å². The maximum absolute atomic E-state index is 6.08. The van der Waals surface area contributed by atoms with Gasteiger partial charge in [-0.3, -0.25) is 4.68 Å². The van der Waals surface area contributed by atoms with Crippen LogP contribution in [0.25, 0.3) is 21.1 Å². The number of benzene rings is 1. The number of fused-ring (bicyclic) bond motifs is 2. The molecule has 1 aromatic carbocycles. The Morgan fingerprint density at radius 2 is 2.04 bits per heavy atom. The predicted molar refractivity (Wildman–Crippen MR) is 95.9 cm³/mol. The normalized spacial score (nSPS) is 11.5. The third-order valence-electron chi connectivity index (χ3n) is 3.98. The van der Waals surface area contributed by atoms with Crippen LogP contribution in [0.5, 0.6) is 0 Å². The van der Waals surface area contributed by atoms with Crippen molar-refractivity contribution in [3.8, 4) is 0 Å². The second kappa shape index (κ2) is 5.18. The molecule has 3 heterocycles. The molecule has 0 radical (unpaired) electrons. The van der Waals surface area contributed by atoms with Crippen molar-refractivity contribution in [3.05, 3.63) is 40.6 Å². The SMILES string of the molecule is Cc1nn(C)c2ccc(N(C)c3nc(Cl)nc4ccsc34)cc12. The molecule has 3 aromatic heterocycles. The molecule has 23 heavy (non-hydrogen) atoms. The molecule has 4 rings (SSSR count). The van der Waals surface area contributed by atoms with Crippen LogP contribution in [0.2, 0.25) is 5.28 Å². The van der Waals surface area contributed by atoms with Crippen LogP contribution in [0, 0.1) is 6.92 Å². The molecule has 0 bridgehead atoms. The summed E-state index contributed by atoms with van der Waals surface area (Å²) in [5.41, 5.74) is 4.04. The van der Waals surface area contributed by atoms with Crippen molar-refractivity contribution in [1.29, 1.82) is 0 Å². The molecule has 4 aromatic rings. The van der Waals surface area contributed by atoms with Gasteiger partial charge in [0.2, 0.25) is 5.28 Å². The largest absolute Gasteiger partial charge is 0.328 e. The fourth-order valence-electron chi connectivity index (χ4n) is 2.81. The lowest BCUT2D eigenvalue weighted by molar-refractivity contribution is 0.783. The molecule has 0 saturated heterocycles. The summed E-state index contributed by atoms with van der Waals surface area (Å²) in [6, 6.07) is 8.24. The molecule has 116 valence electrons. The van der Waals surface area contributed by atoms with Crippen molar-refractivity contribution in [2.24, 2.45) is 7.05 Å². The van der Waals surface area contributed by atoms with Crippen molar-refractivity contribution < 1.29 is 0 Å². The van der Waals surface area contributed by atoms with E-state index in [4.69, 9.17) is 11.6 Å². The first-order valence-corrected chi connectivity index (χ1v) is 8.38. The highest BCUT2D eigenvalue weighted by Crippen LogP contribution is 2.34. The summed E-state index contributed by atoms with van der Waals surface area (Å²) in [5.74, 6) is 0.816. The fraction of sp³-hybridized carbons (Fsp3) is 0.188. The standard InChI is InChI=1S/C16H14ClN5S/c1-9-11-8-10(4-5-13(11)22(3)20-9)21(2)15-14-12(6-7-23-14)18-16(17)19-15/h4-8H,1-3H3. The Morgan fingerprint density at radius 3 is 2.87 bits per heavy atom. The van der Waals surface area contributed by atoms with E-state index >= 15 is 0 Å². The third-order valence-corrected chi connectivity index (χ3v) is 5.05. The van der Waals surface area contributed by atoms with Crippen molar-refractivity contribution in [2.45, 2.75) is 6.92 Å². The van der Waals surface area contributed by atoms with Gasteiger partial charge in [0.05, 0.1) is 21.4 Å². The summed E-state index contributed by atoms with van der Waals surface area (Å²) in [4.78, 5) is 10.7. The van der Waals surface area contributed by atoms with Crippen molar-refractivity contribution in [3.63, 3.8) is 0 Å². The summed E-state index contributed by atoms with van der Waals surface area (Å²) in [7, 11) is 3.95. The summed E-state index contributed by atoms with van der Waals surface area (Å²) in [6.45, 7) is 2.02. The Labute approximate surface area is 142 Å². The van der Waals surface area contributed by atoms with E-state index in [2.05, 4.69) is 33.3 Å². The Balaban J connectivity index is 1.89. The molecule has 0 aliphatic rings. The van der Waals surface area contributed by atoms with E-state index in [-0.39, 0.29) is 5.28 Å². The Morgan fingerprint density at radius 1 is 1.22 bits per heavy atom. The highest BCUT2D eigenvalue weighted by Gasteiger charge is 2.15. The number of nitrogens with zero attached hydrogens (tertiary/aromatic N) is 5. The molecule has 0 aliphatic heterocycles. The van der Waals surface area contributed by atoms with Crippen LogP contribution < -0.4 is 4.90 Å². The van der Waals surface area contributed by atoms with Crippen molar-refractivity contribution in [1.82, 2.24) is 19.7 Å². The van der Waals surface area contributed by atoms with Crippen molar-refractivity contribution >= 4 is 55.6 Å². The van der Waals surface area contributed by atoms with Crippen LogP contribution in [0.15, 0.2) is 29.6 Å². The molecule has 0 aliphatic carbocycles. The lowest BCUT2D eigenvalue weighted by Gasteiger charge is -2.19. The molecular weight excluding hydrogens is 330 g/mol. The highest BCUT2D eigenvalue weighted by molar-refractivity contribution is 7.17. The first-order chi connectivity index (χ1) is 11.0. The molecule has 5 nitrogen and oxygen atoms in total. The molecule has 0 saturated carbocycles. The van der Waals surface area contributed by atoms with Gasteiger partial charge in [-0.1, -0.05) is 0 Å². The predicted octanol–water partition coefficient (Wildman–Crippen LogP) is 4.31. The number of aryl methyl sites for hydroxylation is 2. The summed E-state index contributed by atoms with van der Waals surface area (Å²) in [5, 5.41) is 7.87. The Hall–Kier alpha value is -2.18. The van der Waals surface area contributed by atoms with Gasteiger partial charge in [-0.15, -0.1) is 11.3 Å². The van der Waals surface area contributed by atoms with Gasteiger partial charge < -0.3 is 4.90 Å². The third kappa shape index (κ3) is 2.26. The lowest BCUT2D eigenvalue weighted by atomic mass is 10.2. The van der Waals surface area contributed by atoms with E-state index in [1.54, 1.807) is 11.3 Å². The van der Waals surface area contributed by atoms with Crippen molar-refractivity contribution in [2.75, 3.05) is 11.9 Å². The number of hydrogen-bond acceptors (Lipinski definition) is 5. The van der Waals surface area contributed by atoms with Crippen LogP contribution in [0.1, 0.15) is 5.69 Å². The van der Waals surface area contributed by atoms with Crippen LogP contribution in [0.4, 0.5) is 11.5 Å². The second-order valence-electron chi connectivity index (χ2n) is 5.42. The number of rotatable bonds is 2. The minimum atomic E-state index is 0.261. The first kappa shape index (κ1) is 14.4. The molecule has 0 amide bonds. The summed E-state index contributed by atoms with van der Waals surface area (Å²) in [6.07, 6.45) is 0. The maximum atomic E-state index is 6.08. The van der Waals surface area contributed by atoms with E-state index in [1.807, 2.05) is 42.0 Å². The average molecular weight is 344 g/mol. The zero-order valence-corrected chi connectivity index (χ0v) is 14.5. The second-order valence-corrected chi connectivity index (χ2v) is 6.67. The van der Waals surface area contributed by atoms with Gasteiger partial charge >= 0.3 is 0 Å². The van der Waals surface area contributed by atoms with E-state index < -0.39 is 0 Å². The van der Waals surface area contributed by atoms with E-state index in [0.29, 0.717) is 0 Å². The quantitative estimate of drug-likeness (QED) is 0.509. The first-order valence-electron chi connectivity index (χ1n) is 7.12. The van der Waals surface area contributed by atoms with Gasteiger partial charge in [0, 0.05) is 25.2 Å². The van der Waals surface area contributed by atoms with Gasteiger partial charge in [-0.25, -0.2) is 4.98 Å². The van der Waals surface area contributed by atoms with Crippen LogP contribution in [-0.4, -0.2) is 26.8 Å². The molecule has 0 fully saturated rings. The number of thiophene rings is 1. The zero-order chi connectivity index (χ0) is 16.1. The number of hydrogen-bond donors (Lipinski definition) is 0. The van der Waals surface area contributed by atoms with E-state index in [9.17, 15) is 0 Å². The minimum absolute atomic E-state index is 0.261. The maximum Gasteiger partial charge on any atom is 0.224 e. The average Bonchev–Trinajstić information content (AvgIpc) is 3.10. The van der Waals surface area contributed by atoms with Gasteiger partial charge in [-0.05, 0) is 48.2 Å². The molecular formula is C16H14ClN5S. The molecule has 0 atom stereocenters. The minimum Gasteiger partial charge on any atom is -0.328 e. The number of aromatic nitrogens is 4. The fourth-order valence-corrected chi connectivity index (χ4v) is 3.83. The van der Waals surface area contributed by atoms with E-state index in [0.717, 1.165) is 38.3 Å². The van der Waals surface area contributed by atoms with Gasteiger partial charge in [0.15, 0.2) is 5.82 Å². The number of anilines is 2. The Bertz CT molecular complexity index is 1040. The summed E-state index contributed by atoms with van der Waals surface area (Å²) >= 11 is 7.69. The van der Waals surface area contributed by atoms with Gasteiger partial charge in [-0.2, -0.15) is 10.1 Å². The molecule has 0 spiro atoms. The van der Waals surface area contributed by atoms with Gasteiger partial charge in [0.25, 0.3) is 0 Å². The number of halogens is 1. The van der Waals surface area contributed by atoms with Crippen LogP contribution in [0.3, 0.4) is 0 Å². The smallest absolute Gasteiger partial charge is 0.224 e. The molecule has 0 unspecified atom stereocenters. The highest BCUT2D eigenvalue weighted by atomic mass is 35.5. The van der Waals surface area contributed by atoms with E-state index in [1.165, 1.54) is 0 Å². The zero-order valence-electron chi connectivity index (χ0n) is 12.9. The lowest BCUT2D eigenvalue weighted by Crippen LogP contribution is -2.11. The van der Waals surface area contributed by atoms with Crippen LogP contribution >= 0.6 is 22.9 Å². The monoisotopic (exact) mass is 343 g/mol. The summed E-state index contributed by atoms with van der Waals surface area (Å²) < 4.78 is 2.92.